The predicted octanol–water partition coefficient (Wildman–Crippen LogP) is 2.32. The first kappa shape index (κ1) is 11.4. The average molecular weight is 207 g/mol. The molecule has 0 N–H and O–H groups in total. The largest absolute Gasteiger partial charge is 0.383 e. The molecule has 0 radical (unpaired) electrons. The Morgan fingerprint density at radius 3 is 2.20 bits per heavy atom. The molecule has 1 aromatic carbocycles. The molecule has 0 aliphatic carbocycles. The molecular formula is C12H14FNO. The van der Waals surface area contributed by atoms with Gasteiger partial charge in [0.2, 0.25) is 0 Å². The SMILES string of the molecule is CC(=O)C(=CN(C)C)c1ccc(F)cc1. The number of ketones is 1. The van der Waals surface area contributed by atoms with Crippen LogP contribution in [-0.4, -0.2) is 24.8 Å². The Kier molecular flexibility index (Phi) is 3.61. The van der Waals surface area contributed by atoms with Crippen LogP contribution in [0.4, 0.5) is 4.39 Å². The molecule has 0 fully saturated rings. The summed E-state index contributed by atoms with van der Waals surface area (Å²) < 4.78 is 12.7. The Labute approximate surface area is 89.0 Å². The van der Waals surface area contributed by atoms with Crippen molar-refractivity contribution in [2.24, 2.45) is 0 Å². The molecule has 3 heteroatoms. The van der Waals surface area contributed by atoms with Crippen LogP contribution in [0.3, 0.4) is 0 Å². The standard InChI is InChI=1S/C12H14FNO/c1-9(15)12(8-14(2)3)10-4-6-11(13)7-5-10/h4-8H,1-3H3. The highest BCUT2D eigenvalue weighted by Crippen LogP contribution is 2.16. The summed E-state index contributed by atoms with van der Waals surface area (Å²) in [5, 5.41) is 0. The maximum absolute atomic E-state index is 12.7. The first-order chi connectivity index (χ1) is 7.00. The quantitative estimate of drug-likeness (QED) is 0.709. The van der Waals surface area contributed by atoms with Crippen molar-refractivity contribution >= 4 is 11.4 Å². The Morgan fingerprint density at radius 2 is 1.80 bits per heavy atom. The molecular weight excluding hydrogens is 193 g/mol. The van der Waals surface area contributed by atoms with E-state index in [1.807, 2.05) is 14.1 Å². The normalized spacial score (nSPS) is 11.3. The summed E-state index contributed by atoms with van der Waals surface area (Å²) in [5.41, 5.74) is 1.32. The van der Waals surface area contributed by atoms with E-state index in [0.717, 1.165) is 5.56 Å². The van der Waals surface area contributed by atoms with E-state index in [1.54, 1.807) is 23.2 Å². The Bertz CT molecular complexity index is 379. The van der Waals surface area contributed by atoms with Gasteiger partial charge in [-0.3, -0.25) is 4.79 Å². The summed E-state index contributed by atoms with van der Waals surface area (Å²) in [6.07, 6.45) is 1.73. The van der Waals surface area contributed by atoms with Gasteiger partial charge >= 0.3 is 0 Å². The summed E-state index contributed by atoms with van der Waals surface area (Å²) in [6.45, 7) is 1.50. The molecule has 0 aromatic heterocycles. The topological polar surface area (TPSA) is 20.3 Å². The molecule has 2 nitrogen and oxygen atoms in total. The van der Waals surface area contributed by atoms with Crippen LogP contribution in [0.15, 0.2) is 30.5 Å². The Morgan fingerprint density at radius 1 is 1.27 bits per heavy atom. The minimum Gasteiger partial charge on any atom is -0.383 e. The van der Waals surface area contributed by atoms with Crippen molar-refractivity contribution in [2.75, 3.05) is 14.1 Å². The van der Waals surface area contributed by atoms with E-state index in [0.29, 0.717) is 5.57 Å². The van der Waals surface area contributed by atoms with E-state index in [1.165, 1.54) is 19.1 Å². The van der Waals surface area contributed by atoms with Gasteiger partial charge in [-0.05, 0) is 24.6 Å². The number of nitrogens with zero attached hydrogens (tertiary/aromatic N) is 1. The Balaban J connectivity index is 3.11. The summed E-state index contributed by atoms with van der Waals surface area (Å²) in [7, 11) is 3.68. The predicted molar refractivity (Wildman–Crippen MR) is 58.7 cm³/mol. The zero-order valence-corrected chi connectivity index (χ0v) is 9.12. The van der Waals surface area contributed by atoms with Gasteiger partial charge in [0.15, 0.2) is 5.78 Å². The maximum Gasteiger partial charge on any atom is 0.161 e. The lowest BCUT2D eigenvalue weighted by atomic mass is 10.0. The molecule has 0 amide bonds. The zero-order valence-electron chi connectivity index (χ0n) is 9.12. The molecule has 80 valence electrons. The van der Waals surface area contributed by atoms with Crippen LogP contribution in [0.1, 0.15) is 12.5 Å². The van der Waals surface area contributed by atoms with Gasteiger partial charge in [-0.15, -0.1) is 0 Å². The van der Waals surface area contributed by atoms with E-state index < -0.39 is 0 Å². The van der Waals surface area contributed by atoms with Crippen LogP contribution >= 0.6 is 0 Å². The van der Waals surface area contributed by atoms with Crippen molar-refractivity contribution in [1.29, 1.82) is 0 Å². The minimum absolute atomic E-state index is 0.0321. The number of carbonyl (C=O) groups excluding carboxylic acids is 1. The highest BCUT2D eigenvalue weighted by molar-refractivity contribution is 6.19. The summed E-state index contributed by atoms with van der Waals surface area (Å²) in [5.74, 6) is -0.332. The number of carbonyl (C=O) groups is 1. The van der Waals surface area contributed by atoms with E-state index >= 15 is 0 Å². The first-order valence-corrected chi connectivity index (χ1v) is 4.66. The summed E-state index contributed by atoms with van der Waals surface area (Å²) in [6, 6.07) is 5.90. The number of benzene rings is 1. The lowest BCUT2D eigenvalue weighted by molar-refractivity contribution is -0.111. The molecule has 0 bridgehead atoms. The van der Waals surface area contributed by atoms with Crippen LogP contribution in [0, 0.1) is 5.82 Å². The number of hydrogen-bond acceptors (Lipinski definition) is 2. The molecule has 0 heterocycles. The molecule has 1 rings (SSSR count). The van der Waals surface area contributed by atoms with Crippen LogP contribution < -0.4 is 0 Å². The monoisotopic (exact) mass is 207 g/mol. The van der Waals surface area contributed by atoms with Crippen LogP contribution in [0.2, 0.25) is 0 Å². The molecule has 0 aliphatic rings. The van der Waals surface area contributed by atoms with E-state index in [4.69, 9.17) is 0 Å². The number of allylic oxidation sites excluding steroid dienone is 1. The number of Topliss-reactive ketones (excluding diaryl/α,β-unsaturated/α-hetero) is 1. The van der Waals surface area contributed by atoms with Crippen molar-refractivity contribution in [1.82, 2.24) is 4.90 Å². The van der Waals surface area contributed by atoms with Crippen LogP contribution in [0.25, 0.3) is 5.57 Å². The van der Waals surface area contributed by atoms with E-state index in [-0.39, 0.29) is 11.6 Å². The molecule has 15 heavy (non-hydrogen) atoms. The molecule has 0 unspecified atom stereocenters. The van der Waals surface area contributed by atoms with Gasteiger partial charge in [0.25, 0.3) is 0 Å². The Hall–Kier alpha value is -1.64. The number of halogens is 1. The van der Waals surface area contributed by atoms with Gasteiger partial charge in [-0.25, -0.2) is 4.39 Å². The van der Waals surface area contributed by atoms with E-state index in [9.17, 15) is 9.18 Å². The van der Waals surface area contributed by atoms with Gasteiger partial charge in [0.1, 0.15) is 5.82 Å². The second kappa shape index (κ2) is 4.73. The smallest absolute Gasteiger partial charge is 0.161 e. The minimum atomic E-state index is -0.300. The lowest BCUT2D eigenvalue weighted by Crippen LogP contribution is -2.06. The fraction of sp³-hybridized carbons (Fsp3) is 0.250. The average Bonchev–Trinajstić information content (AvgIpc) is 2.15. The molecule has 0 saturated carbocycles. The van der Waals surface area contributed by atoms with Gasteiger partial charge in [0, 0.05) is 25.9 Å². The molecule has 0 saturated heterocycles. The summed E-state index contributed by atoms with van der Waals surface area (Å²) >= 11 is 0. The zero-order chi connectivity index (χ0) is 11.4. The third kappa shape index (κ3) is 3.20. The second-order valence-corrected chi connectivity index (χ2v) is 3.57. The van der Waals surface area contributed by atoms with Crippen LogP contribution in [0.5, 0.6) is 0 Å². The summed E-state index contributed by atoms with van der Waals surface area (Å²) in [4.78, 5) is 13.2. The van der Waals surface area contributed by atoms with Gasteiger partial charge in [-0.2, -0.15) is 0 Å². The molecule has 0 spiro atoms. The third-order valence-corrected chi connectivity index (χ3v) is 1.92. The lowest BCUT2D eigenvalue weighted by Gasteiger charge is -2.09. The molecule has 1 aromatic rings. The van der Waals surface area contributed by atoms with Crippen molar-refractivity contribution in [2.45, 2.75) is 6.92 Å². The van der Waals surface area contributed by atoms with E-state index in [2.05, 4.69) is 0 Å². The van der Waals surface area contributed by atoms with Gasteiger partial charge in [0.05, 0.1) is 0 Å². The van der Waals surface area contributed by atoms with Crippen molar-refractivity contribution < 1.29 is 9.18 Å². The second-order valence-electron chi connectivity index (χ2n) is 3.57. The third-order valence-electron chi connectivity index (χ3n) is 1.92. The maximum atomic E-state index is 12.7. The highest BCUT2D eigenvalue weighted by Gasteiger charge is 2.07. The number of rotatable bonds is 3. The molecule has 0 atom stereocenters. The first-order valence-electron chi connectivity index (χ1n) is 4.66. The number of hydrogen-bond donors (Lipinski definition) is 0. The molecule has 0 aliphatic heterocycles. The van der Waals surface area contributed by atoms with Crippen molar-refractivity contribution in [3.05, 3.63) is 41.8 Å². The van der Waals surface area contributed by atoms with Crippen molar-refractivity contribution in [3.63, 3.8) is 0 Å². The van der Waals surface area contributed by atoms with Crippen LogP contribution in [-0.2, 0) is 4.79 Å². The van der Waals surface area contributed by atoms with Gasteiger partial charge in [-0.1, -0.05) is 12.1 Å². The highest BCUT2D eigenvalue weighted by atomic mass is 19.1. The fourth-order valence-corrected chi connectivity index (χ4v) is 1.26. The van der Waals surface area contributed by atoms with Gasteiger partial charge < -0.3 is 4.90 Å². The fourth-order valence-electron chi connectivity index (χ4n) is 1.26. The van der Waals surface area contributed by atoms with Crippen molar-refractivity contribution in [3.8, 4) is 0 Å².